The van der Waals surface area contributed by atoms with E-state index in [2.05, 4.69) is 4.99 Å². The number of nitrogens with zero attached hydrogens (tertiary/aromatic N) is 2. The summed E-state index contributed by atoms with van der Waals surface area (Å²) in [5.41, 5.74) is -0.517. The molecule has 0 aliphatic carbocycles. The lowest BCUT2D eigenvalue weighted by molar-refractivity contribution is -0.0934. The van der Waals surface area contributed by atoms with E-state index < -0.39 is 17.8 Å². The molecule has 18 heavy (non-hydrogen) atoms. The third-order valence-electron chi connectivity index (χ3n) is 2.73. The molecule has 0 fully saturated rings. The van der Waals surface area contributed by atoms with E-state index in [1.807, 2.05) is 0 Å². The van der Waals surface area contributed by atoms with Gasteiger partial charge in [-0.05, 0) is 5.56 Å². The van der Waals surface area contributed by atoms with E-state index in [1.54, 1.807) is 36.4 Å². The van der Waals surface area contributed by atoms with Crippen molar-refractivity contribution in [2.45, 2.75) is 18.6 Å². The van der Waals surface area contributed by atoms with Crippen LogP contribution in [0.5, 0.6) is 0 Å². The number of benzene rings is 1. The van der Waals surface area contributed by atoms with Crippen LogP contribution in [-0.2, 0) is 0 Å². The minimum absolute atomic E-state index is 0.309. The van der Waals surface area contributed by atoms with Crippen LogP contribution in [0.4, 0.5) is 13.2 Å². The molecule has 0 bridgehead atoms. The first kappa shape index (κ1) is 12.4. The van der Waals surface area contributed by atoms with Gasteiger partial charge in [0.1, 0.15) is 6.04 Å². The summed E-state index contributed by atoms with van der Waals surface area (Å²) in [7, 11) is 0. The Morgan fingerprint density at radius 1 is 1.22 bits per heavy atom. The van der Waals surface area contributed by atoms with Crippen molar-refractivity contribution >= 4 is 6.21 Å². The van der Waals surface area contributed by atoms with E-state index >= 15 is 0 Å². The van der Waals surface area contributed by atoms with E-state index in [0.717, 1.165) is 0 Å². The summed E-state index contributed by atoms with van der Waals surface area (Å²) in [6.07, 6.45) is -3.60. The lowest BCUT2D eigenvalue weighted by Crippen LogP contribution is -2.20. The SMILES string of the molecule is N#CC1=C(C(F)(F)F)CC=NC1c1ccccc1. The van der Waals surface area contributed by atoms with Gasteiger partial charge in [0, 0.05) is 12.6 Å². The van der Waals surface area contributed by atoms with Crippen LogP contribution in [0.2, 0.25) is 0 Å². The third kappa shape index (κ3) is 2.28. The van der Waals surface area contributed by atoms with Crippen molar-refractivity contribution in [2.75, 3.05) is 0 Å². The molecule has 0 radical (unpaired) electrons. The Morgan fingerprint density at radius 2 is 1.89 bits per heavy atom. The van der Waals surface area contributed by atoms with Crippen molar-refractivity contribution in [3.63, 3.8) is 0 Å². The zero-order chi connectivity index (χ0) is 13.2. The number of rotatable bonds is 1. The number of aliphatic imine (C=N–C) groups is 1. The maximum atomic E-state index is 12.8. The molecule has 0 saturated heterocycles. The maximum absolute atomic E-state index is 12.8. The standard InChI is InChI=1S/C13H9F3N2/c14-13(15,16)11-6-7-18-12(10(11)8-17)9-4-2-1-3-5-9/h1-5,7,12H,6H2. The molecule has 5 heteroatoms. The second kappa shape index (κ2) is 4.65. The molecule has 1 atom stereocenters. The van der Waals surface area contributed by atoms with Crippen LogP contribution in [0, 0.1) is 11.3 Å². The number of hydrogen-bond acceptors (Lipinski definition) is 2. The van der Waals surface area contributed by atoms with Gasteiger partial charge in [0.2, 0.25) is 0 Å². The Kier molecular flexibility index (Phi) is 3.19. The first-order chi connectivity index (χ1) is 8.54. The van der Waals surface area contributed by atoms with Crippen LogP contribution < -0.4 is 0 Å². The number of nitriles is 1. The fourth-order valence-corrected chi connectivity index (χ4v) is 1.88. The van der Waals surface area contributed by atoms with Crippen molar-refractivity contribution in [2.24, 2.45) is 4.99 Å². The van der Waals surface area contributed by atoms with E-state index in [1.165, 1.54) is 6.21 Å². The fourth-order valence-electron chi connectivity index (χ4n) is 1.88. The van der Waals surface area contributed by atoms with Gasteiger partial charge in [0.15, 0.2) is 0 Å². The molecular weight excluding hydrogens is 241 g/mol. The molecule has 0 amide bonds. The van der Waals surface area contributed by atoms with Crippen LogP contribution in [0.1, 0.15) is 18.0 Å². The van der Waals surface area contributed by atoms with Crippen molar-refractivity contribution < 1.29 is 13.2 Å². The average molecular weight is 250 g/mol. The minimum atomic E-state index is -4.48. The van der Waals surface area contributed by atoms with E-state index in [-0.39, 0.29) is 12.0 Å². The van der Waals surface area contributed by atoms with Crippen LogP contribution in [0.25, 0.3) is 0 Å². The van der Waals surface area contributed by atoms with E-state index in [4.69, 9.17) is 5.26 Å². The van der Waals surface area contributed by atoms with Crippen molar-refractivity contribution in [1.29, 1.82) is 5.26 Å². The molecule has 0 N–H and O–H groups in total. The lowest BCUT2D eigenvalue weighted by Gasteiger charge is -2.21. The van der Waals surface area contributed by atoms with Gasteiger partial charge in [-0.1, -0.05) is 30.3 Å². The molecule has 92 valence electrons. The molecule has 0 saturated carbocycles. The minimum Gasteiger partial charge on any atom is -0.284 e. The zero-order valence-corrected chi connectivity index (χ0v) is 9.28. The van der Waals surface area contributed by atoms with Gasteiger partial charge in [0.25, 0.3) is 0 Å². The Labute approximate surface area is 102 Å². The lowest BCUT2D eigenvalue weighted by atomic mass is 9.92. The van der Waals surface area contributed by atoms with Crippen LogP contribution in [0.15, 0.2) is 46.5 Å². The van der Waals surface area contributed by atoms with Crippen LogP contribution in [0.3, 0.4) is 0 Å². The summed E-state index contributed by atoms with van der Waals surface area (Å²) in [6, 6.07) is 9.32. The fraction of sp³-hybridized carbons (Fsp3) is 0.231. The first-order valence-electron chi connectivity index (χ1n) is 5.31. The van der Waals surface area contributed by atoms with Crippen LogP contribution >= 0.6 is 0 Å². The molecule has 1 heterocycles. The Balaban J connectivity index is 2.50. The maximum Gasteiger partial charge on any atom is 0.414 e. The van der Waals surface area contributed by atoms with E-state index in [9.17, 15) is 13.2 Å². The number of dihydropyridines is 1. The summed E-state index contributed by atoms with van der Waals surface area (Å²) in [4.78, 5) is 4.01. The van der Waals surface area contributed by atoms with Gasteiger partial charge in [0.05, 0.1) is 17.2 Å². The molecule has 2 nitrogen and oxygen atoms in total. The van der Waals surface area contributed by atoms with Gasteiger partial charge in [-0.3, -0.25) is 4.99 Å². The van der Waals surface area contributed by atoms with Crippen molar-refractivity contribution in [3.05, 3.63) is 47.0 Å². The van der Waals surface area contributed by atoms with Gasteiger partial charge in [-0.25, -0.2) is 0 Å². The highest BCUT2D eigenvalue weighted by atomic mass is 19.4. The molecule has 0 aromatic heterocycles. The summed E-state index contributed by atoms with van der Waals surface area (Å²) in [5.74, 6) is 0. The van der Waals surface area contributed by atoms with Crippen molar-refractivity contribution in [1.82, 2.24) is 0 Å². The Morgan fingerprint density at radius 3 is 2.44 bits per heavy atom. The molecular formula is C13H9F3N2. The quantitative estimate of drug-likeness (QED) is 0.750. The molecule has 2 rings (SSSR count). The molecule has 1 aromatic rings. The van der Waals surface area contributed by atoms with Crippen LogP contribution in [-0.4, -0.2) is 12.4 Å². The first-order valence-corrected chi connectivity index (χ1v) is 5.31. The molecule has 1 unspecified atom stereocenters. The zero-order valence-electron chi connectivity index (χ0n) is 9.28. The highest BCUT2D eigenvalue weighted by Gasteiger charge is 2.39. The summed E-state index contributed by atoms with van der Waals surface area (Å²) in [6.45, 7) is 0. The number of hydrogen-bond donors (Lipinski definition) is 0. The Bertz CT molecular complexity index is 536. The average Bonchev–Trinajstić information content (AvgIpc) is 2.37. The van der Waals surface area contributed by atoms with Gasteiger partial charge < -0.3 is 0 Å². The highest BCUT2D eigenvalue weighted by Crippen LogP contribution is 2.39. The van der Waals surface area contributed by atoms with Gasteiger partial charge >= 0.3 is 6.18 Å². The molecule has 1 aromatic carbocycles. The predicted molar refractivity (Wildman–Crippen MR) is 61.0 cm³/mol. The van der Waals surface area contributed by atoms with Crippen molar-refractivity contribution in [3.8, 4) is 6.07 Å². The highest BCUT2D eigenvalue weighted by molar-refractivity contribution is 5.67. The Hall–Kier alpha value is -2.09. The van der Waals surface area contributed by atoms with Gasteiger partial charge in [-0.2, -0.15) is 18.4 Å². The number of alkyl halides is 3. The molecule has 0 spiro atoms. The third-order valence-corrected chi connectivity index (χ3v) is 2.73. The van der Waals surface area contributed by atoms with Gasteiger partial charge in [-0.15, -0.1) is 0 Å². The summed E-state index contributed by atoms with van der Waals surface area (Å²) in [5, 5.41) is 8.97. The smallest absolute Gasteiger partial charge is 0.284 e. The monoisotopic (exact) mass is 250 g/mol. The van der Waals surface area contributed by atoms with E-state index in [0.29, 0.717) is 5.56 Å². The topological polar surface area (TPSA) is 36.1 Å². The number of halogens is 3. The summed E-state index contributed by atoms with van der Waals surface area (Å²) >= 11 is 0. The predicted octanol–water partition coefficient (Wildman–Crippen LogP) is 3.58. The molecule has 1 aliphatic rings. The second-order valence-corrected chi connectivity index (χ2v) is 3.85. The second-order valence-electron chi connectivity index (χ2n) is 3.85. The summed E-state index contributed by atoms with van der Waals surface area (Å²) < 4.78 is 38.4. The number of allylic oxidation sites excluding steroid dienone is 1. The normalized spacial score (nSPS) is 19.8. The molecule has 1 aliphatic heterocycles. The largest absolute Gasteiger partial charge is 0.414 e.